The van der Waals surface area contributed by atoms with E-state index in [-0.39, 0.29) is 22.6 Å². The van der Waals surface area contributed by atoms with Crippen molar-refractivity contribution in [3.8, 4) is 0 Å². The number of ketones is 1. The molecular formula is C25H17F2N3O3. The normalized spacial score (nSPS) is 17.8. The first kappa shape index (κ1) is 20.6. The van der Waals surface area contributed by atoms with Crippen molar-refractivity contribution >= 4 is 34.4 Å². The number of amides is 1. The molecule has 1 amide bonds. The van der Waals surface area contributed by atoms with Crippen LogP contribution in [0.5, 0.6) is 0 Å². The molecule has 8 heteroatoms. The van der Waals surface area contributed by atoms with Crippen molar-refractivity contribution in [2.24, 2.45) is 0 Å². The number of aliphatic hydroxyl groups excluding tert-OH is 1. The number of fused-ring (bicyclic) bond motifs is 1. The van der Waals surface area contributed by atoms with Gasteiger partial charge in [0.1, 0.15) is 17.4 Å². The van der Waals surface area contributed by atoms with Crippen molar-refractivity contribution in [2.45, 2.75) is 13.0 Å². The molecule has 164 valence electrons. The van der Waals surface area contributed by atoms with Crippen LogP contribution in [0.1, 0.15) is 22.7 Å². The summed E-state index contributed by atoms with van der Waals surface area (Å²) < 4.78 is 27.4. The molecular weight excluding hydrogens is 428 g/mol. The van der Waals surface area contributed by atoms with Gasteiger partial charge in [-0.15, -0.1) is 0 Å². The van der Waals surface area contributed by atoms with Gasteiger partial charge >= 0.3 is 5.91 Å². The number of carbonyl (C=O) groups excluding carboxylic acids is 2. The van der Waals surface area contributed by atoms with Crippen LogP contribution in [0.4, 0.5) is 14.7 Å². The van der Waals surface area contributed by atoms with Gasteiger partial charge in [0.05, 0.1) is 22.6 Å². The second-order valence-electron chi connectivity index (χ2n) is 7.76. The largest absolute Gasteiger partial charge is 0.507 e. The number of rotatable bonds is 3. The van der Waals surface area contributed by atoms with Gasteiger partial charge in [-0.25, -0.2) is 13.8 Å². The molecule has 33 heavy (non-hydrogen) atoms. The van der Waals surface area contributed by atoms with Gasteiger partial charge in [0, 0.05) is 5.56 Å². The maximum Gasteiger partial charge on any atom is 0.302 e. The lowest BCUT2D eigenvalue weighted by Gasteiger charge is -2.23. The van der Waals surface area contributed by atoms with Crippen LogP contribution in [0.15, 0.2) is 72.3 Å². The Morgan fingerprint density at radius 1 is 1.03 bits per heavy atom. The van der Waals surface area contributed by atoms with E-state index < -0.39 is 35.1 Å². The number of aromatic nitrogens is 2. The molecule has 1 aromatic heterocycles. The molecule has 2 heterocycles. The molecule has 1 aliphatic heterocycles. The zero-order chi connectivity index (χ0) is 23.3. The molecule has 3 aromatic carbocycles. The van der Waals surface area contributed by atoms with Crippen molar-refractivity contribution in [3.63, 3.8) is 0 Å². The van der Waals surface area contributed by atoms with E-state index in [1.165, 1.54) is 49.4 Å². The number of halogens is 2. The first-order valence-electron chi connectivity index (χ1n) is 10.1. The van der Waals surface area contributed by atoms with Crippen molar-refractivity contribution < 1.29 is 23.5 Å². The summed E-state index contributed by atoms with van der Waals surface area (Å²) in [5, 5.41) is 11.1. The maximum absolute atomic E-state index is 13.8. The van der Waals surface area contributed by atoms with Crippen molar-refractivity contribution in [2.75, 3.05) is 4.90 Å². The number of imidazole rings is 1. The summed E-state index contributed by atoms with van der Waals surface area (Å²) in [7, 11) is 0. The molecule has 1 fully saturated rings. The summed E-state index contributed by atoms with van der Waals surface area (Å²) in [5.74, 6) is -3.13. The van der Waals surface area contributed by atoms with Gasteiger partial charge in [0.2, 0.25) is 5.95 Å². The summed E-state index contributed by atoms with van der Waals surface area (Å²) >= 11 is 0. The van der Waals surface area contributed by atoms with E-state index >= 15 is 0 Å². The highest BCUT2D eigenvalue weighted by atomic mass is 19.1. The second-order valence-corrected chi connectivity index (χ2v) is 7.76. The number of nitrogens with zero attached hydrogens (tertiary/aromatic N) is 2. The molecule has 4 aromatic rings. The fourth-order valence-corrected chi connectivity index (χ4v) is 4.01. The summed E-state index contributed by atoms with van der Waals surface area (Å²) in [6, 6.07) is 15.2. The van der Waals surface area contributed by atoms with Crippen LogP contribution in [0.3, 0.4) is 0 Å². The first-order chi connectivity index (χ1) is 15.8. The fraction of sp³-hybridized carbons (Fsp3) is 0.0800. The Hall–Kier alpha value is -4.33. The van der Waals surface area contributed by atoms with Crippen molar-refractivity contribution in [1.82, 2.24) is 9.97 Å². The minimum atomic E-state index is -1.07. The molecule has 0 bridgehead atoms. The molecule has 0 spiro atoms. The molecule has 0 saturated carbocycles. The minimum Gasteiger partial charge on any atom is -0.507 e. The topological polar surface area (TPSA) is 86.3 Å². The predicted molar refractivity (Wildman–Crippen MR) is 118 cm³/mol. The van der Waals surface area contributed by atoms with Crippen LogP contribution in [-0.2, 0) is 9.59 Å². The molecule has 0 aliphatic carbocycles. The Balaban J connectivity index is 1.74. The van der Waals surface area contributed by atoms with E-state index in [1.807, 2.05) is 0 Å². The molecule has 1 atom stereocenters. The number of H-pyrrole nitrogens is 1. The summed E-state index contributed by atoms with van der Waals surface area (Å²) in [4.78, 5) is 34.9. The molecule has 2 N–H and O–H groups in total. The fourth-order valence-electron chi connectivity index (χ4n) is 4.01. The SMILES string of the molecule is Cc1cc(/C(O)=C2\C(=O)C(=O)N(c3nc4ccccc4[nH]3)C2c2ccc(F)cc2)ccc1F. The summed E-state index contributed by atoms with van der Waals surface area (Å²) in [6.07, 6.45) is 0. The highest BCUT2D eigenvalue weighted by Crippen LogP contribution is 2.41. The number of nitrogens with one attached hydrogen (secondary N) is 1. The van der Waals surface area contributed by atoms with Crippen LogP contribution >= 0.6 is 0 Å². The van der Waals surface area contributed by atoms with Gasteiger partial charge in [-0.05, 0) is 60.5 Å². The molecule has 0 radical (unpaired) electrons. The number of benzene rings is 3. The number of hydrogen-bond acceptors (Lipinski definition) is 4. The van der Waals surface area contributed by atoms with E-state index in [0.29, 0.717) is 16.6 Å². The zero-order valence-electron chi connectivity index (χ0n) is 17.3. The van der Waals surface area contributed by atoms with Crippen molar-refractivity contribution in [1.29, 1.82) is 0 Å². The molecule has 6 nitrogen and oxygen atoms in total. The number of carbonyl (C=O) groups is 2. The van der Waals surface area contributed by atoms with Crippen LogP contribution in [-0.4, -0.2) is 26.8 Å². The monoisotopic (exact) mass is 445 g/mol. The first-order valence-corrected chi connectivity index (χ1v) is 10.1. The third-order valence-electron chi connectivity index (χ3n) is 5.67. The van der Waals surface area contributed by atoms with Crippen molar-refractivity contribution in [3.05, 3.63) is 101 Å². The number of aliphatic hydroxyl groups is 1. The van der Waals surface area contributed by atoms with Gasteiger partial charge < -0.3 is 10.1 Å². The van der Waals surface area contributed by atoms with Crippen LogP contribution in [0.2, 0.25) is 0 Å². The van der Waals surface area contributed by atoms with Gasteiger partial charge in [-0.2, -0.15) is 0 Å². The number of aromatic amines is 1. The van der Waals surface area contributed by atoms with Crippen LogP contribution < -0.4 is 4.90 Å². The lowest BCUT2D eigenvalue weighted by molar-refractivity contribution is -0.132. The number of anilines is 1. The van der Waals surface area contributed by atoms with E-state index in [2.05, 4.69) is 9.97 Å². The van der Waals surface area contributed by atoms with Gasteiger partial charge in [-0.1, -0.05) is 24.3 Å². The number of aryl methyl sites for hydroxylation is 1. The minimum absolute atomic E-state index is 0.113. The predicted octanol–water partition coefficient (Wildman–Crippen LogP) is 4.78. The molecule has 1 aliphatic rings. The Bertz CT molecular complexity index is 1420. The molecule has 5 rings (SSSR count). The smallest absolute Gasteiger partial charge is 0.302 e. The molecule has 1 unspecified atom stereocenters. The molecule has 1 saturated heterocycles. The zero-order valence-corrected chi connectivity index (χ0v) is 17.3. The quantitative estimate of drug-likeness (QED) is 0.270. The Kier molecular flexibility index (Phi) is 4.78. The van der Waals surface area contributed by atoms with Crippen LogP contribution in [0.25, 0.3) is 16.8 Å². The third kappa shape index (κ3) is 3.36. The number of Topliss-reactive ketones (excluding diaryl/α,β-unsaturated/α-hetero) is 1. The number of hydrogen-bond donors (Lipinski definition) is 2. The van der Waals surface area contributed by atoms with Gasteiger partial charge in [-0.3, -0.25) is 14.5 Å². The van der Waals surface area contributed by atoms with Crippen LogP contribution in [0, 0.1) is 18.6 Å². The van der Waals surface area contributed by atoms with E-state index in [1.54, 1.807) is 24.3 Å². The van der Waals surface area contributed by atoms with E-state index in [9.17, 15) is 23.5 Å². The lowest BCUT2D eigenvalue weighted by atomic mass is 9.95. The number of para-hydroxylation sites is 2. The highest BCUT2D eigenvalue weighted by Gasteiger charge is 2.48. The third-order valence-corrected chi connectivity index (χ3v) is 5.67. The highest BCUT2D eigenvalue weighted by molar-refractivity contribution is 6.51. The summed E-state index contributed by atoms with van der Waals surface area (Å²) in [5.41, 5.74) is 1.89. The Morgan fingerprint density at radius 2 is 1.76 bits per heavy atom. The van der Waals surface area contributed by atoms with Gasteiger partial charge in [0.15, 0.2) is 0 Å². The lowest BCUT2D eigenvalue weighted by Crippen LogP contribution is -2.30. The average molecular weight is 445 g/mol. The van der Waals surface area contributed by atoms with E-state index in [4.69, 9.17) is 0 Å². The van der Waals surface area contributed by atoms with E-state index in [0.717, 1.165) is 4.90 Å². The van der Waals surface area contributed by atoms with Gasteiger partial charge in [0.25, 0.3) is 5.78 Å². The standard InChI is InChI=1S/C25H17F2N3O3/c1-13-12-15(8-11-17(13)27)22(31)20-21(14-6-9-16(26)10-7-14)30(24(33)23(20)32)25-28-18-4-2-3-5-19(18)29-25/h2-12,21,31H,1H3,(H,28,29)/b22-20+. The maximum atomic E-state index is 13.8. The average Bonchev–Trinajstić information content (AvgIpc) is 3.34. The second kappa shape index (κ2) is 7.67. The Labute approximate surface area is 186 Å². The summed E-state index contributed by atoms with van der Waals surface area (Å²) in [6.45, 7) is 1.52. The Morgan fingerprint density at radius 3 is 2.45 bits per heavy atom.